The number of hydrogen-bond acceptors (Lipinski definition) is 4. The maximum absolute atomic E-state index is 12.5. The summed E-state index contributed by atoms with van der Waals surface area (Å²) >= 11 is 2.56. The van der Waals surface area contributed by atoms with Crippen LogP contribution in [0.5, 0.6) is 5.75 Å². The van der Waals surface area contributed by atoms with E-state index < -0.39 is 0 Å². The van der Waals surface area contributed by atoms with Crippen LogP contribution < -0.4 is 19.9 Å². The van der Waals surface area contributed by atoms with E-state index in [1.54, 1.807) is 13.4 Å². The number of anilines is 1. The molecule has 2 aromatic heterocycles. The number of aromatic nitrogens is 3. The van der Waals surface area contributed by atoms with Crippen molar-refractivity contribution in [3.63, 3.8) is 0 Å². The normalized spacial score (nSPS) is 13.8. The van der Waals surface area contributed by atoms with Crippen molar-refractivity contribution in [2.75, 3.05) is 12.4 Å². The fourth-order valence-corrected chi connectivity index (χ4v) is 5.23. The topological polar surface area (TPSA) is 81.1 Å². The molecule has 4 aromatic rings. The van der Waals surface area contributed by atoms with E-state index >= 15 is 0 Å². The number of ether oxygens (including phenoxy) is 1. The van der Waals surface area contributed by atoms with Gasteiger partial charge in [-0.3, -0.25) is 0 Å². The quantitative estimate of drug-likeness (QED) is 0.375. The van der Waals surface area contributed by atoms with E-state index in [2.05, 4.69) is 48.2 Å². The second-order valence-corrected chi connectivity index (χ2v) is 9.38. The molecule has 0 atom stereocenters. The van der Waals surface area contributed by atoms with Gasteiger partial charge in [-0.1, -0.05) is 30.3 Å². The van der Waals surface area contributed by atoms with Gasteiger partial charge in [0.15, 0.2) is 0 Å². The van der Waals surface area contributed by atoms with Gasteiger partial charge < -0.3 is 0 Å². The van der Waals surface area contributed by atoms with Crippen LogP contribution in [-0.4, -0.2) is 44.5 Å². The molecular weight excluding hydrogens is 489 g/mol. The Labute approximate surface area is 207 Å². The molecular formula is C26H26AsN5O2. The molecule has 0 bridgehead atoms. The van der Waals surface area contributed by atoms with E-state index in [9.17, 15) is 4.79 Å². The molecule has 1 aliphatic rings. The number of urea groups is 1. The predicted molar refractivity (Wildman–Crippen MR) is 135 cm³/mol. The molecule has 1 aliphatic carbocycles. The summed E-state index contributed by atoms with van der Waals surface area (Å²) in [5.41, 5.74) is 4.68. The monoisotopic (exact) mass is 515 g/mol. The van der Waals surface area contributed by atoms with Gasteiger partial charge in [0, 0.05) is 0 Å². The summed E-state index contributed by atoms with van der Waals surface area (Å²) in [5, 5.41) is 6.82. The molecule has 2 amide bonds. The zero-order chi connectivity index (χ0) is 23.5. The van der Waals surface area contributed by atoms with Gasteiger partial charge in [0.2, 0.25) is 0 Å². The fraction of sp³-hybridized carbons (Fsp3) is 0.269. The van der Waals surface area contributed by atoms with Crippen LogP contribution >= 0.6 is 0 Å². The van der Waals surface area contributed by atoms with E-state index in [-0.39, 0.29) is 6.03 Å². The van der Waals surface area contributed by atoms with Gasteiger partial charge in [-0.25, -0.2) is 0 Å². The first-order valence-electron chi connectivity index (χ1n) is 11.5. The molecule has 2 radical (unpaired) electrons. The minimum Gasteiger partial charge on any atom is -0.0622 e. The number of carbonyl (C=O) groups excluding carboxylic acids is 1. The van der Waals surface area contributed by atoms with Crippen LogP contribution in [0, 0.1) is 0 Å². The first kappa shape index (κ1) is 22.5. The third-order valence-electron chi connectivity index (χ3n) is 6.36. The number of rotatable bonds is 6. The molecule has 34 heavy (non-hydrogen) atoms. The molecule has 2 aromatic carbocycles. The number of nitrogens with zero attached hydrogens (tertiary/aromatic N) is 3. The summed E-state index contributed by atoms with van der Waals surface area (Å²) < 4.78 is 8.84. The molecule has 7 nitrogen and oxygen atoms in total. The Morgan fingerprint density at radius 3 is 2.71 bits per heavy atom. The summed E-state index contributed by atoms with van der Waals surface area (Å²) in [6.07, 6.45) is 8.67. The molecule has 2 N–H and O–H groups in total. The molecule has 0 aliphatic heterocycles. The van der Waals surface area contributed by atoms with Crippen LogP contribution in [0.25, 0.3) is 22.2 Å². The summed E-state index contributed by atoms with van der Waals surface area (Å²) in [6, 6.07) is 15.8. The maximum atomic E-state index is 12.5. The number of methoxy groups -OCH3 is 1. The summed E-state index contributed by atoms with van der Waals surface area (Å²) in [7, 11) is 1.61. The second-order valence-electron chi connectivity index (χ2n) is 8.49. The van der Waals surface area contributed by atoms with E-state index in [4.69, 9.17) is 4.74 Å². The Morgan fingerprint density at radius 2 is 1.94 bits per heavy atom. The number of nitrogens with one attached hydrogen (secondary N) is 2. The number of carbonyl (C=O) groups is 1. The van der Waals surface area contributed by atoms with Crippen molar-refractivity contribution in [3.05, 3.63) is 66.6 Å². The molecule has 1 fully saturated rings. The van der Waals surface area contributed by atoms with Crippen LogP contribution in [0.1, 0.15) is 37.3 Å². The Kier molecular flexibility index (Phi) is 6.54. The third kappa shape index (κ3) is 4.53. The smallest absolute Gasteiger partial charge is 0.0622 e. The Balaban J connectivity index is 1.42. The van der Waals surface area contributed by atoms with Gasteiger partial charge in [0.1, 0.15) is 0 Å². The summed E-state index contributed by atoms with van der Waals surface area (Å²) in [6.45, 7) is 0.450. The van der Waals surface area contributed by atoms with E-state index in [1.807, 2.05) is 48.5 Å². The van der Waals surface area contributed by atoms with Crippen molar-refractivity contribution in [1.29, 1.82) is 0 Å². The molecule has 172 valence electrons. The predicted octanol–water partition coefficient (Wildman–Crippen LogP) is 4.34. The number of amides is 2. The van der Waals surface area contributed by atoms with Crippen molar-refractivity contribution < 1.29 is 9.53 Å². The Hall–Kier alpha value is -3.31. The average molecular weight is 515 g/mol. The van der Waals surface area contributed by atoms with E-state index in [1.165, 1.54) is 25.7 Å². The van der Waals surface area contributed by atoms with Gasteiger partial charge in [0.25, 0.3) is 0 Å². The molecule has 1 saturated carbocycles. The van der Waals surface area contributed by atoms with Crippen molar-refractivity contribution in [3.8, 4) is 16.9 Å². The molecule has 0 saturated heterocycles. The molecule has 0 spiro atoms. The number of benzene rings is 2. The first-order chi connectivity index (χ1) is 16.6. The average Bonchev–Trinajstić information content (AvgIpc) is 3.52. The van der Waals surface area contributed by atoms with Crippen molar-refractivity contribution >= 4 is 44.1 Å². The number of fused-ring (bicyclic) bond motifs is 1. The van der Waals surface area contributed by atoms with Gasteiger partial charge in [-0.2, -0.15) is 0 Å². The molecule has 5 rings (SSSR count). The minimum atomic E-state index is -0.283. The van der Waals surface area contributed by atoms with Gasteiger partial charge >= 0.3 is 177 Å². The van der Waals surface area contributed by atoms with E-state index in [0.29, 0.717) is 24.0 Å². The van der Waals surface area contributed by atoms with Crippen molar-refractivity contribution in [2.45, 2.75) is 38.3 Å². The van der Waals surface area contributed by atoms with Crippen molar-refractivity contribution in [1.82, 2.24) is 19.9 Å². The molecule has 0 unspecified atom stereocenters. The van der Waals surface area contributed by atoms with Crippen LogP contribution in [0.15, 0.2) is 61.1 Å². The van der Waals surface area contributed by atoms with Gasteiger partial charge in [-0.15, -0.1) is 0 Å². The third-order valence-corrected chi connectivity index (χ3v) is 7.08. The van der Waals surface area contributed by atoms with Crippen LogP contribution in [0.2, 0.25) is 0 Å². The van der Waals surface area contributed by atoms with Crippen LogP contribution in [0.4, 0.5) is 10.5 Å². The zero-order valence-electron chi connectivity index (χ0n) is 19.0. The van der Waals surface area contributed by atoms with Gasteiger partial charge in [0.05, 0.1) is 0 Å². The molecule has 8 heteroatoms. The second kappa shape index (κ2) is 9.90. The van der Waals surface area contributed by atoms with Crippen LogP contribution in [-0.2, 0) is 6.54 Å². The SMILES string of the molecule is COc1cc(-c2cn(C3CCCC3)c3ncnc([As])c23)ccc1NC(=O)NCc1ccccc1. The summed E-state index contributed by atoms with van der Waals surface area (Å²) in [4.78, 5) is 21.5. The number of hydrogen-bond donors (Lipinski definition) is 2. The van der Waals surface area contributed by atoms with Crippen LogP contribution in [0.3, 0.4) is 0 Å². The standard InChI is InChI=1S/C26H26AsN5O2/c1-34-22-13-18(11-12-21(22)31-26(33)28-14-17-7-3-2-4-8-17)20-15-32(19-9-5-6-10-19)25-23(20)24(27)29-16-30-25/h2-4,7-8,11-13,15-16,19H,5-6,9-10,14H2,1H3,(H2,28,31,33). The van der Waals surface area contributed by atoms with E-state index in [0.717, 1.165) is 32.2 Å². The minimum absolute atomic E-state index is 0.283. The summed E-state index contributed by atoms with van der Waals surface area (Å²) in [5.74, 6) is 0.595. The molecule has 2 heterocycles. The Morgan fingerprint density at radius 1 is 1.15 bits per heavy atom. The Bertz CT molecular complexity index is 1320. The fourth-order valence-electron chi connectivity index (χ4n) is 4.66. The first-order valence-corrected chi connectivity index (χ1v) is 12.4. The zero-order valence-corrected chi connectivity index (χ0v) is 20.9. The van der Waals surface area contributed by atoms with Crippen molar-refractivity contribution in [2.24, 2.45) is 0 Å². The van der Waals surface area contributed by atoms with Gasteiger partial charge in [-0.05, 0) is 0 Å².